The number of carbonyl (C=O) groups is 1. The molecule has 0 radical (unpaired) electrons. The van der Waals surface area contributed by atoms with Gasteiger partial charge in [-0.05, 0) is 68.1 Å². The lowest BCUT2D eigenvalue weighted by molar-refractivity contribution is 0.0939. The summed E-state index contributed by atoms with van der Waals surface area (Å²) < 4.78 is 15.8. The molecule has 0 saturated carbocycles. The monoisotopic (exact) mass is 559 g/mol. The molecule has 0 spiro atoms. The Hall–Kier alpha value is -4.87. The molecule has 41 heavy (non-hydrogen) atoms. The van der Waals surface area contributed by atoms with Crippen molar-refractivity contribution in [3.63, 3.8) is 0 Å². The van der Waals surface area contributed by atoms with Crippen LogP contribution in [0.15, 0.2) is 46.2 Å². The number of methoxy groups -OCH3 is 1. The molecule has 3 heterocycles. The van der Waals surface area contributed by atoms with E-state index in [1.54, 1.807) is 16.2 Å². The average molecular weight is 560 g/mol. The number of nitrogens with one attached hydrogen (secondary N) is 1. The second-order valence-corrected chi connectivity index (χ2v) is 9.92. The number of aryl methyl sites for hydroxylation is 4. The van der Waals surface area contributed by atoms with E-state index in [9.17, 15) is 14.7 Å². The van der Waals surface area contributed by atoms with Crippen LogP contribution in [-0.4, -0.2) is 55.4 Å². The lowest BCUT2D eigenvalue weighted by Crippen LogP contribution is -2.44. The number of ether oxygens (including phenoxy) is 2. The summed E-state index contributed by atoms with van der Waals surface area (Å²) in [4.78, 5) is 31.5. The Kier molecular flexibility index (Phi) is 7.64. The zero-order chi connectivity index (χ0) is 29.3. The van der Waals surface area contributed by atoms with Gasteiger partial charge in [0.15, 0.2) is 17.2 Å². The fourth-order valence-corrected chi connectivity index (χ4v) is 5.18. The lowest BCUT2D eigenvalue weighted by atomic mass is 9.97. The summed E-state index contributed by atoms with van der Waals surface area (Å²) in [5.74, 6) is 0.249. The molecular weight excluding hydrogens is 526 g/mol. The predicted octanol–water partition coefficient (Wildman–Crippen LogP) is 2.39. The van der Waals surface area contributed by atoms with E-state index in [-0.39, 0.29) is 24.5 Å². The van der Waals surface area contributed by atoms with Gasteiger partial charge in [0.25, 0.3) is 11.8 Å². The Bertz CT molecular complexity index is 1730. The van der Waals surface area contributed by atoms with Crippen LogP contribution in [0, 0.1) is 13.8 Å². The molecule has 5 rings (SSSR count). The quantitative estimate of drug-likeness (QED) is 0.338. The Morgan fingerprint density at radius 3 is 2.54 bits per heavy atom. The predicted molar refractivity (Wildman–Crippen MR) is 152 cm³/mol. The topological polar surface area (TPSA) is 138 Å². The molecule has 2 N–H and O–H groups in total. The van der Waals surface area contributed by atoms with Gasteiger partial charge in [0.2, 0.25) is 0 Å². The molecule has 1 aliphatic heterocycles. The van der Waals surface area contributed by atoms with Crippen LogP contribution < -0.4 is 26.0 Å². The first-order chi connectivity index (χ1) is 19.7. The first-order valence-electron chi connectivity index (χ1n) is 13.4. The van der Waals surface area contributed by atoms with E-state index < -0.39 is 11.8 Å². The summed E-state index contributed by atoms with van der Waals surface area (Å²) in [5.41, 5.74) is 5.64. The zero-order valence-corrected chi connectivity index (χ0v) is 23.8. The maximum atomic E-state index is 13.9. The van der Waals surface area contributed by atoms with Gasteiger partial charge in [0.1, 0.15) is 5.49 Å². The van der Waals surface area contributed by atoms with Crippen molar-refractivity contribution < 1.29 is 19.4 Å². The van der Waals surface area contributed by atoms with E-state index in [0.717, 1.165) is 33.6 Å². The van der Waals surface area contributed by atoms with E-state index in [1.165, 1.54) is 11.7 Å². The van der Waals surface area contributed by atoms with Crippen molar-refractivity contribution in [3.8, 4) is 28.6 Å². The maximum absolute atomic E-state index is 13.9. The minimum absolute atomic E-state index is 0.0608. The van der Waals surface area contributed by atoms with Crippen LogP contribution in [0.2, 0.25) is 0 Å². The van der Waals surface area contributed by atoms with Gasteiger partial charge in [0, 0.05) is 38.3 Å². The van der Waals surface area contributed by atoms with Crippen LogP contribution in [-0.2, 0) is 26.6 Å². The van der Waals surface area contributed by atoms with Gasteiger partial charge in [-0.3, -0.25) is 13.9 Å². The molecule has 12 nitrogen and oxygen atoms in total. The van der Waals surface area contributed by atoms with Crippen LogP contribution in [0.3, 0.4) is 0 Å². The standard InChI is InChI=1S/C29H33N7O5/c1-6-41-24-14-19-7-9-35-22(21(19)15-23(24)40-5)16-25(31-20-12-17(2)11-18(3)13-20)36(29(35)39)10-8-30-27(37)26-28(38)32-33-34(26)4/h11-16,38H,6-10H2,1-5H3,(H,30,37). The number of carbonyl (C=O) groups excluding carboxylic acids is 1. The summed E-state index contributed by atoms with van der Waals surface area (Å²) in [5, 5.41) is 19.8. The van der Waals surface area contributed by atoms with Gasteiger partial charge in [0.05, 0.1) is 25.1 Å². The number of fused-ring (bicyclic) bond motifs is 3. The third kappa shape index (κ3) is 5.45. The van der Waals surface area contributed by atoms with Crippen molar-refractivity contribution in [2.45, 2.75) is 40.3 Å². The average Bonchev–Trinajstić information content (AvgIpc) is 3.27. The SMILES string of the molecule is CCOc1cc2c(cc1OC)-c1cc(=Nc3cc(C)cc(C)c3)n(CCNC(=O)c3c(O)nnn3C)c(=O)n1CC2. The van der Waals surface area contributed by atoms with Crippen LogP contribution >= 0.6 is 0 Å². The second-order valence-electron chi connectivity index (χ2n) is 9.92. The van der Waals surface area contributed by atoms with E-state index >= 15 is 0 Å². The molecule has 214 valence electrons. The first-order valence-corrected chi connectivity index (χ1v) is 13.4. The van der Waals surface area contributed by atoms with Crippen molar-refractivity contribution >= 4 is 11.6 Å². The van der Waals surface area contributed by atoms with E-state index in [1.807, 2.05) is 51.1 Å². The van der Waals surface area contributed by atoms with Gasteiger partial charge < -0.3 is 19.9 Å². The third-order valence-corrected chi connectivity index (χ3v) is 6.96. The molecule has 0 aliphatic carbocycles. The molecule has 2 aromatic heterocycles. The molecule has 0 unspecified atom stereocenters. The Labute approximate surface area is 236 Å². The van der Waals surface area contributed by atoms with E-state index in [4.69, 9.17) is 14.5 Å². The summed E-state index contributed by atoms with van der Waals surface area (Å²) in [6.07, 6.45) is 0.642. The number of rotatable bonds is 8. The molecule has 4 aromatic rings. The molecule has 0 saturated heterocycles. The molecule has 0 fully saturated rings. The van der Waals surface area contributed by atoms with Crippen molar-refractivity contribution in [1.29, 1.82) is 0 Å². The van der Waals surface area contributed by atoms with Crippen molar-refractivity contribution in [2.75, 3.05) is 20.3 Å². The lowest BCUT2D eigenvalue weighted by Gasteiger charge is -2.25. The van der Waals surface area contributed by atoms with Crippen LogP contribution in [0.1, 0.15) is 34.1 Å². The fraction of sp³-hybridized carbons (Fsp3) is 0.345. The largest absolute Gasteiger partial charge is 0.493 e. The number of hydrogen-bond donors (Lipinski definition) is 2. The Morgan fingerprint density at radius 1 is 1.12 bits per heavy atom. The normalized spacial score (nSPS) is 12.6. The molecule has 0 atom stereocenters. The zero-order valence-electron chi connectivity index (χ0n) is 23.8. The Balaban J connectivity index is 1.60. The number of aromatic hydroxyl groups is 1. The highest BCUT2D eigenvalue weighted by atomic mass is 16.5. The number of nitrogens with zero attached hydrogens (tertiary/aromatic N) is 6. The number of aromatic nitrogens is 5. The highest BCUT2D eigenvalue weighted by molar-refractivity contribution is 5.94. The summed E-state index contributed by atoms with van der Waals surface area (Å²) in [6.45, 7) is 7.17. The first kappa shape index (κ1) is 27.7. The van der Waals surface area contributed by atoms with Crippen molar-refractivity contribution in [2.24, 2.45) is 12.0 Å². The highest BCUT2D eigenvalue weighted by Gasteiger charge is 2.23. The molecule has 12 heteroatoms. The smallest absolute Gasteiger partial charge is 0.330 e. The van der Waals surface area contributed by atoms with Crippen molar-refractivity contribution in [1.82, 2.24) is 29.4 Å². The minimum atomic E-state index is -0.549. The van der Waals surface area contributed by atoms with Gasteiger partial charge in [-0.15, -0.1) is 0 Å². The maximum Gasteiger partial charge on any atom is 0.330 e. The number of benzene rings is 2. The highest BCUT2D eigenvalue weighted by Crippen LogP contribution is 2.37. The second kappa shape index (κ2) is 11.3. The summed E-state index contributed by atoms with van der Waals surface area (Å²) in [6, 6.07) is 11.8. The molecule has 0 bridgehead atoms. The molecule has 2 aromatic carbocycles. The van der Waals surface area contributed by atoms with Gasteiger partial charge in [-0.25, -0.2) is 14.5 Å². The van der Waals surface area contributed by atoms with Gasteiger partial charge >= 0.3 is 5.69 Å². The van der Waals surface area contributed by atoms with Crippen LogP contribution in [0.4, 0.5) is 5.69 Å². The molecule has 1 amide bonds. The number of amides is 1. The van der Waals surface area contributed by atoms with Crippen LogP contribution in [0.25, 0.3) is 11.3 Å². The van der Waals surface area contributed by atoms with Crippen LogP contribution in [0.5, 0.6) is 17.4 Å². The summed E-state index contributed by atoms with van der Waals surface area (Å²) >= 11 is 0. The van der Waals surface area contributed by atoms with Gasteiger partial charge in [-0.1, -0.05) is 16.4 Å². The van der Waals surface area contributed by atoms with Crippen molar-refractivity contribution in [3.05, 3.63) is 74.8 Å². The fourth-order valence-electron chi connectivity index (χ4n) is 5.18. The van der Waals surface area contributed by atoms with E-state index in [0.29, 0.717) is 36.6 Å². The summed E-state index contributed by atoms with van der Waals surface area (Å²) in [7, 11) is 3.10. The van der Waals surface area contributed by atoms with Gasteiger partial charge in [-0.2, -0.15) is 0 Å². The number of hydrogen-bond acceptors (Lipinski definition) is 8. The Morgan fingerprint density at radius 2 is 1.88 bits per heavy atom. The molecular formula is C29H33N7O5. The molecule has 1 aliphatic rings. The minimum Gasteiger partial charge on any atom is -0.493 e. The van der Waals surface area contributed by atoms with E-state index in [2.05, 4.69) is 21.7 Å². The third-order valence-electron chi connectivity index (χ3n) is 6.96.